The fourth-order valence-electron chi connectivity index (χ4n) is 3.13. The molecule has 1 saturated heterocycles. The summed E-state index contributed by atoms with van der Waals surface area (Å²) < 4.78 is 9.59. The molecule has 0 radical (unpaired) electrons. The van der Waals surface area contributed by atoms with Gasteiger partial charge in [-0.2, -0.15) is 4.37 Å². The number of nitrogens with one attached hydrogen (secondary N) is 1. The number of hydrogen-bond donors (Lipinski definition) is 1. The average Bonchev–Trinajstić information content (AvgIpc) is 3.08. The fourth-order valence-corrected chi connectivity index (χ4v) is 3.86. The molecule has 7 nitrogen and oxygen atoms in total. The minimum Gasteiger partial charge on any atom is -0.449 e. The first-order valence-electron chi connectivity index (χ1n) is 8.95. The van der Waals surface area contributed by atoms with Crippen molar-refractivity contribution in [2.45, 2.75) is 20.0 Å². The molecule has 1 amide bonds. The molecule has 144 valence electrons. The van der Waals surface area contributed by atoms with Crippen molar-refractivity contribution >= 4 is 34.1 Å². The highest BCUT2D eigenvalue weighted by Crippen LogP contribution is 2.25. The topological polar surface area (TPSA) is 74.8 Å². The summed E-state index contributed by atoms with van der Waals surface area (Å²) in [6, 6.07) is 10.1. The van der Waals surface area contributed by atoms with Crippen molar-refractivity contribution in [3.05, 3.63) is 41.6 Å². The summed E-state index contributed by atoms with van der Waals surface area (Å²) in [5, 5.41) is 3.58. The molecule has 0 bridgehead atoms. The molecule has 8 heteroatoms. The smallest absolute Gasteiger partial charge is 0.343 e. The van der Waals surface area contributed by atoms with Gasteiger partial charge in [0, 0.05) is 38.9 Å². The number of ether oxygens (including phenoxy) is 1. The van der Waals surface area contributed by atoms with Gasteiger partial charge in [-0.05, 0) is 37.5 Å². The summed E-state index contributed by atoms with van der Waals surface area (Å²) in [7, 11) is 1.73. The number of para-hydroxylation sites is 1. The number of esters is 1. The van der Waals surface area contributed by atoms with Gasteiger partial charge in [0.05, 0.1) is 5.69 Å². The maximum Gasteiger partial charge on any atom is 0.343 e. The highest BCUT2D eigenvalue weighted by molar-refractivity contribution is 7.10. The van der Waals surface area contributed by atoms with E-state index in [-0.39, 0.29) is 5.91 Å². The Morgan fingerprint density at radius 3 is 2.48 bits per heavy atom. The van der Waals surface area contributed by atoms with Crippen LogP contribution in [0.2, 0.25) is 0 Å². The zero-order valence-corrected chi connectivity index (χ0v) is 16.6. The Bertz CT molecular complexity index is 801. The lowest BCUT2D eigenvalue weighted by Gasteiger charge is -2.37. The Balaban J connectivity index is 1.56. The molecule has 27 heavy (non-hydrogen) atoms. The standard InChI is InChI=1S/C19H24N4O3S/c1-13-16(17(20-3)27-21-13)19(25)26-14(2)18(24)23-11-9-22(10-12-23)15-7-5-4-6-8-15/h4-8,14,20H,9-12H2,1-3H3. The van der Waals surface area contributed by atoms with Gasteiger partial charge in [0.25, 0.3) is 5.91 Å². The molecular formula is C19H24N4O3S. The van der Waals surface area contributed by atoms with Gasteiger partial charge in [-0.25, -0.2) is 4.79 Å². The summed E-state index contributed by atoms with van der Waals surface area (Å²) in [5.74, 6) is -0.683. The highest BCUT2D eigenvalue weighted by atomic mass is 32.1. The summed E-state index contributed by atoms with van der Waals surface area (Å²) in [5.41, 5.74) is 2.16. The number of rotatable bonds is 5. The number of aryl methyl sites for hydroxylation is 1. The minimum atomic E-state index is -0.829. The van der Waals surface area contributed by atoms with E-state index in [0.717, 1.165) is 18.8 Å². The summed E-state index contributed by atoms with van der Waals surface area (Å²) in [6.45, 7) is 6.11. The van der Waals surface area contributed by atoms with E-state index in [1.165, 1.54) is 11.5 Å². The van der Waals surface area contributed by atoms with Crippen LogP contribution in [-0.4, -0.2) is 60.5 Å². The Hall–Kier alpha value is -2.61. The molecule has 1 N–H and O–H groups in total. The van der Waals surface area contributed by atoms with Gasteiger partial charge >= 0.3 is 5.97 Å². The number of nitrogens with zero attached hydrogens (tertiary/aromatic N) is 3. The van der Waals surface area contributed by atoms with Crippen molar-refractivity contribution in [3.8, 4) is 0 Å². The molecule has 1 aliphatic heterocycles. The highest BCUT2D eigenvalue weighted by Gasteiger charge is 2.29. The molecule has 0 spiro atoms. The maximum atomic E-state index is 12.7. The molecule has 1 atom stereocenters. The average molecular weight is 388 g/mol. The van der Waals surface area contributed by atoms with Crippen LogP contribution in [0.15, 0.2) is 30.3 Å². The van der Waals surface area contributed by atoms with Gasteiger partial charge in [-0.3, -0.25) is 4.79 Å². The summed E-state index contributed by atoms with van der Waals surface area (Å²) >= 11 is 1.20. The number of amides is 1. The van der Waals surface area contributed by atoms with E-state index >= 15 is 0 Å². The number of carbonyl (C=O) groups excluding carboxylic acids is 2. The van der Waals surface area contributed by atoms with Crippen LogP contribution in [0.4, 0.5) is 10.7 Å². The molecule has 2 heterocycles. The molecule has 1 fully saturated rings. The van der Waals surface area contributed by atoms with Gasteiger partial charge in [0.2, 0.25) is 0 Å². The molecule has 3 rings (SSSR count). The minimum absolute atomic E-state index is 0.164. The molecule has 1 aromatic heterocycles. The van der Waals surface area contributed by atoms with Crippen LogP contribution >= 0.6 is 11.5 Å². The largest absolute Gasteiger partial charge is 0.449 e. The SMILES string of the molecule is CNc1snc(C)c1C(=O)OC(C)C(=O)N1CCN(c2ccccc2)CC1. The third-order valence-corrected chi connectivity index (χ3v) is 5.59. The van der Waals surface area contributed by atoms with Gasteiger partial charge in [0.1, 0.15) is 10.6 Å². The Labute approximate surface area is 163 Å². The van der Waals surface area contributed by atoms with E-state index in [2.05, 4.69) is 26.7 Å². The first-order valence-corrected chi connectivity index (χ1v) is 9.72. The van der Waals surface area contributed by atoms with Crippen molar-refractivity contribution in [1.29, 1.82) is 0 Å². The predicted octanol–water partition coefficient (Wildman–Crippen LogP) is 2.39. The second kappa shape index (κ2) is 8.39. The van der Waals surface area contributed by atoms with E-state index in [0.29, 0.717) is 29.3 Å². The third-order valence-electron chi connectivity index (χ3n) is 4.64. The number of hydrogen-bond acceptors (Lipinski definition) is 7. The van der Waals surface area contributed by atoms with Crippen LogP contribution in [0, 0.1) is 6.92 Å². The second-order valence-corrected chi connectivity index (χ2v) is 7.19. The lowest BCUT2D eigenvalue weighted by molar-refractivity contribution is -0.140. The van der Waals surface area contributed by atoms with Gasteiger partial charge in [-0.1, -0.05) is 18.2 Å². The first kappa shape index (κ1) is 19.2. The Morgan fingerprint density at radius 2 is 1.85 bits per heavy atom. The van der Waals surface area contributed by atoms with Crippen molar-refractivity contribution in [1.82, 2.24) is 9.27 Å². The third kappa shape index (κ3) is 4.21. The zero-order valence-electron chi connectivity index (χ0n) is 15.8. The molecule has 1 unspecified atom stereocenters. The number of carbonyl (C=O) groups is 2. The first-order chi connectivity index (χ1) is 13.0. The molecule has 1 aliphatic rings. The van der Waals surface area contributed by atoms with Gasteiger partial charge in [-0.15, -0.1) is 0 Å². The van der Waals surface area contributed by atoms with Crippen LogP contribution in [0.1, 0.15) is 23.0 Å². The predicted molar refractivity (Wildman–Crippen MR) is 107 cm³/mol. The van der Waals surface area contributed by atoms with Gasteiger partial charge < -0.3 is 19.9 Å². The lowest BCUT2D eigenvalue weighted by atomic mass is 10.2. The summed E-state index contributed by atoms with van der Waals surface area (Å²) in [6.07, 6.45) is -0.829. The number of anilines is 2. The van der Waals surface area contributed by atoms with E-state index in [1.807, 2.05) is 18.2 Å². The van der Waals surface area contributed by atoms with Crippen LogP contribution < -0.4 is 10.2 Å². The van der Waals surface area contributed by atoms with Crippen LogP contribution in [0.3, 0.4) is 0 Å². The van der Waals surface area contributed by atoms with Crippen LogP contribution in [0.5, 0.6) is 0 Å². The van der Waals surface area contributed by atoms with Crippen molar-refractivity contribution in [3.63, 3.8) is 0 Å². The lowest BCUT2D eigenvalue weighted by Crippen LogP contribution is -2.51. The molecule has 2 aromatic rings. The van der Waals surface area contributed by atoms with E-state index in [9.17, 15) is 9.59 Å². The Kier molecular flexibility index (Phi) is 5.95. The van der Waals surface area contributed by atoms with E-state index < -0.39 is 12.1 Å². The zero-order chi connectivity index (χ0) is 19.4. The number of piperazine rings is 1. The van der Waals surface area contributed by atoms with Crippen LogP contribution in [0.25, 0.3) is 0 Å². The monoisotopic (exact) mass is 388 g/mol. The number of aromatic nitrogens is 1. The molecule has 1 aromatic carbocycles. The van der Waals surface area contributed by atoms with E-state index in [4.69, 9.17) is 4.74 Å². The molecule has 0 saturated carbocycles. The molecular weight excluding hydrogens is 364 g/mol. The fraction of sp³-hybridized carbons (Fsp3) is 0.421. The maximum absolute atomic E-state index is 12.7. The quantitative estimate of drug-likeness (QED) is 0.793. The van der Waals surface area contributed by atoms with Gasteiger partial charge in [0.15, 0.2) is 6.10 Å². The second-order valence-electron chi connectivity index (χ2n) is 6.42. The number of benzene rings is 1. The molecule has 0 aliphatic carbocycles. The van der Waals surface area contributed by atoms with Crippen molar-refractivity contribution in [2.75, 3.05) is 43.4 Å². The normalized spacial score (nSPS) is 15.4. The van der Waals surface area contributed by atoms with Crippen molar-refractivity contribution in [2.24, 2.45) is 0 Å². The van der Waals surface area contributed by atoms with Crippen molar-refractivity contribution < 1.29 is 14.3 Å². The van der Waals surface area contributed by atoms with Crippen LogP contribution in [-0.2, 0) is 9.53 Å². The Morgan fingerprint density at radius 1 is 1.19 bits per heavy atom. The van der Waals surface area contributed by atoms with E-state index in [1.54, 1.807) is 25.8 Å². The summed E-state index contributed by atoms with van der Waals surface area (Å²) in [4.78, 5) is 29.2.